The fourth-order valence-electron chi connectivity index (χ4n) is 2.97. The zero-order valence-electron chi connectivity index (χ0n) is 13.3. The number of hydrogen-bond acceptors (Lipinski definition) is 4. The molecule has 5 nitrogen and oxygen atoms in total. The summed E-state index contributed by atoms with van der Waals surface area (Å²) in [6.07, 6.45) is 1.60. The van der Waals surface area contributed by atoms with Crippen LogP contribution in [0.25, 0.3) is 0 Å². The van der Waals surface area contributed by atoms with Gasteiger partial charge in [-0.05, 0) is 12.0 Å². The van der Waals surface area contributed by atoms with E-state index in [-0.39, 0.29) is 17.9 Å². The van der Waals surface area contributed by atoms with Crippen LogP contribution in [0, 0.1) is 5.92 Å². The molecule has 2 atom stereocenters. The van der Waals surface area contributed by atoms with Crippen LogP contribution in [0.1, 0.15) is 18.9 Å². The van der Waals surface area contributed by atoms with E-state index in [1.807, 2.05) is 25.1 Å². The van der Waals surface area contributed by atoms with E-state index >= 15 is 0 Å². The molecule has 5 heteroatoms. The first kappa shape index (κ1) is 16.5. The molecule has 1 aromatic carbocycles. The molecule has 1 aliphatic rings. The Morgan fingerprint density at radius 2 is 2.09 bits per heavy atom. The van der Waals surface area contributed by atoms with E-state index in [4.69, 9.17) is 4.74 Å². The highest BCUT2D eigenvalue weighted by molar-refractivity contribution is 5.71. The molecule has 0 bridgehead atoms. The maximum atomic E-state index is 11.7. The van der Waals surface area contributed by atoms with Gasteiger partial charge in [-0.25, -0.2) is 0 Å². The molecule has 0 spiro atoms. The van der Waals surface area contributed by atoms with Crippen LogP contribution in [-0.4, -0.2) is 55.0 Å². The minimum atomic E-state index is -0.192. The molecule has 120 valence electrons. The molecular weight excluding hydrogens is 280 g/mol. The molecule has 1 aromatic rings. The number of piperazine rings is 1. The summed E-state index contributed by atoms with van der Waals surface area (Å²) in [7, 11) is 1.42. The van der Waals surface area contributed by atoms with Crippen LogP contribution in [-0.2, 0) is 20.9 Å². The summed E-state index contributed by atoms with van der Waals surface area (Å²) in [6, 6.07) is 10.4. The van der Waals surface area contributed by atoms with Gasteiger partial charge in [-0.3, -0.25) is 14.5 Å². The van der Waals surface area contributed by atoms with Crippen LogP contribution in [0.15, 0.2) is 30.3 Å². The summed E-state index contributed by atoms with van der Waals surface area (Å²) in [5.74, 6) is -0.359. The number of methoxy groups -OCH3 is 1. The number of carbonyl (C=O) groups is 2. The van der Waals surface area contributed by atoms with Crippen LogP contribution in [0.3, 0.4) is 0 Å². The van der Waals surface area contributed by atoms with Gasteiger partial charge in [0.25, 0.3) is 0 Å². The Bertz CT molecular complexity index is 492. The number of esters is 1. The monoisotopic (exact) mass is 304 g/mol. The van der Waals surface area contributed by atoms with E-state index in [9.17, 15) is 9.59 Å². The van der Waals surface area contributed by atoms with Gasteiger partial charge >= 0.3 is 5.97 Å². The standard InChI is InChI=1S/C17H24N2O3/c1-14(17(21)22-2)10-16-12-18(13-20)8-9-19(16)11-15-6-4-3-5-7-15/h3-7,13-14,16H,8-12H2,1-2H3. The second-order valence-corrected chi connectivity index (χ2v) is 5.87. The SMILES string of the molecule is COC(=O)C(C)CC1CN(C=O)CCN1Cc1ccccc1. The predicted molar refractivity (Wildman–Crippen MR) is 84.1 cm³/mol. The minimum absolute atomic E-state index is 0.167. The first-order valence-corrected chi connectivity index (χ1v) is 7.69. The highest BCUT2D eigenvalue weighted by Crippen LogP contribution is 2.20. The molecule has 0 aliphatic carbocycles. The summed E-state index contributed by atoms with van der Waals surface area (Å²) in [4.78, 5) is 26.9. The largest absolute Gasteiger partial charge is 0.469 e. The summed E-state index contributed by atoms with van der Waals surface area (Å²) in [5, 5.41) is 0. The van der Waals surface area contributed by atoms with Crippen molar-refractivity contribution in [3.8, 4) is 0 Å². The van der Waals surface area contributed by atoms with Crippen molar-refractivity contribution in [2.75, 3.05) is 26.7 Å². The van der Waals surface area contributed by atoms with Crippen LogP contribution < -0.4 is 0 Å². The molecule has 1 saturated heterocycles. The topological polar surface area (TPSA) is 49.9 Å². The van der Waals surface area contributed by atoms with Gasteiger partial charge in [-0.2, -0.15) is 0 Å². The van der Waals surface area contributed by atoms with Gasteiger partial charge < -0.3 is 9.64 Å². The molecule has 2 unspecified atom stereocenters. The summed E-state index contributed by atoms with van der Waals surface area (Å²) >= 11 is 0. The third kappa shape index (κ3) is 4.31. The number of ether oxygens (including phenoxy) is 1. The quantitative estimate of drug-likeness (QED) is 0.591. The molecule has 1 aliphatic heterocycles. The maximum absolute atomic E-state index is 11.7. The highest BCUT2D eigenvalue weighted by Gasteiger charge is 2.29. The zero-order valence-corrected chi connectivity index (χ0v) is 13.3. The van der Waals surface area contributed by atoms with E-state index in [1.165, 1.54) is 12.7 Å². The van der Waals surface area contributed by atoms with Crippen molar-refractivity contribution >= 4 is 12.4 Å². The van der Waals surface area contributed by atoms with Crippen LogP contribution in [0.5, 0.6) is 0 Å². The fraction of sp³-hybridized carbons (Fsp3) is 0.529. The molecule has 0 N–H and O–H groups in total. The number of rotatable bonds is 6. The van der Waals surface area contributed by atoms with E-state index in [2.05, 4.69) is 17.0 Å². The average Bonchev–Trinajstić information content (AvgIpc) is 2.56. The number of nitrogens with zero attached hydrogens (tertiary/aromatic N) is 2. The number of benzene rings is 1. The van der Waals surface area contributed by atoms with E-state index < -0.39 is 0 Å². The van der Waals surface area contributed by atoms with Gasteiger partial charge in [0.2, 0.25) is 6.41 Å². The molecule has 0 radical (unpaired) electrons. The fourth-order valence-corrected chi connectivity index (χ4v) is 2.97. The second-order valence-electron chi connectivity index (χ2n) is 5.87. The Hall–Kier alpha value is -1.88. The van der Waals surface area contributed by atoms with Crippen LogP contribution in [0.2, 0.25) is 0 Å². The van der Waals surface area contributed by atoms with Crippen molar-refractivity contribution in [3.63, 3.8) is 0 Å². The Labute approximate surface area is 131 Å². The summed E-state index contributed by atoms with van der Waals surface area (Å²) in [6.45, 7) is 4.95. The molecular formula is C17H24N2O3. The van der Waals surface area contributed by atoms with Crippen molar-refractivity contribution in [1.82, 2.24) is 9.80 Å². The molecule has 1 heterocycles. The van der Waals surface area contributed by atoms with Gasteiger partial charge in [0.15, 0.2) is 0 Å². The number of hydrogen-bond donors (Lipinski definition) is 0. The highest BCUT2D eigenvalue weighted by atomic mass is 16.5. The number of carbonyl (C=O) groups excluding carboxylic acids is 2. The lowest BCUT2D eigenvalue weighted by Gasteiger charge is -2.41. The van der Waals surface area contributed by atoms with Crippen LogP contribution >= 0.6 is 0 Å². The predicted octanol–water partition coefficient (Wildman–Crippen LogP) is 1.53. The lowest BCUT2D eigenvalue weighted by atomic mass is 9.98. The molecule has 0 aromatic heterocycles. The Morgan fingerprint density at radius 3 is 2.73 bits per heavy atom. The molecule has 1 fully saturated rings. The zero-order chi connectivity index (χ0) is 15.9. The van der Waals surface area contributed by atoms with E-state index in [0.29, 0.717) is 13.0 Å². The van der Waals surface area contributed by atoms with Crippen molar-refractivity contribution in [2.45, 2.75) is 25.9 Å². The number of amides is 1. The van der Waals surface area contributed by atoms with Gasteiger partial charge in [0, 0.05) is 32.2 Å². The molecule has 2 rings (SSSR count). The average molecular weight is 304 g/mol. The lowest BCUT2D eigenvalue weighted by molar-refractivity contribution is -0.145. The molecule has 1 amide bonds. The Kier molecular flexibility index (Phi) is 5.95. The normalized spacial score (nSPS) is 20.5. The van der Waals surface area contributed by atoms with Crippen molar-refractivity contribution in [2.24, 2.45) is 5.92 Å². The lowest BCUT2D eigenvalue weighted by Crippen LogP contribution is -2.53. The van der Waals surface area contributed by atoms with Gasteiger partial charge in [0.05, 0.1) is 13.0 Å². The summed E-state index contributed by atoms with van der Waals surface area (Å²) < 4.78 is 4.82. The minimum Gasteiger partial charge on any atom is -0.469 e. The summed E-state index contributed by atoms with van der Waals surface area (Å²) in [5.41, 5.74) is 1.25. The van der Waals surface area contributed by atoms with Gasteiger partial charge in [-0.15, -0.1) is 0 Å². The van der Waals surface area contributed by atoms with Crippen LogP contribution in [0.4, 0.5) is 0 Å². The third-order valence-electron chi connectivity index (χ3n) is 4.24. The van der Waals surface area contributed by atoms with Crippen molar-refractivity contribution < 1.29 is 14.3 Å². The van der Waals surface area contributed by atoms with Crippen molar-refractivity contribution in [1.29, 1.82) is 0 Å². The molecule has 22 heavy (non-hydrogen) atoms. The van der Waals surface area contributed by atoms with Gasteiger partial charge in [-0.1, -0.05) is 37.3 Å². The maximum Gasteiger partial charge on any atom is 0.308 e. The van der Waals surface area contributed by atoms with Crippen molar-refractivity contribution in [3.05, 3.63) is 35.9 Å². The first-order valence-electron chi connectivity index (χ1n) is 7.69. The Balaban J connectivity index is 2.04. The third-order valence-corrected chi connectivity index (χ3v) is 4.24. The molecule has 0 saturated carbocycles. The van der Waals surface area contributed by atoms with Gasteiger partial charge in [0.1, 0.15) is 0 Å². The van der Waals surface area contributed by atoms with E-state index in [0.717, 1.165) is 26.0 Å². The first-order chi connectivity index (χ1) is 10.6. The smallest absolute Gasteiger partial charge is 0.308 e. The van der Waals surface area contributed by atoms with E-state index in [1.54, 1.807) is 4.90 Å². The second kappa shape index (κ2) is 7.94. The Morgan fingerprint density at radius 1 is 1.36 bits per heavy atom.